The predicted molar refractivity (Wildman–Crippen MR) is 77.6 cm³/mol. The Morgan fingerprint density at radius 3 is 1.67 bits per heavy atom. The van der Waals surface area contributed by atoms with Gasteiger partial charge in [0.15, 0.2) is 0 Å². The Balaban J connectivity index is 1.47. The Kier molecular flexibility index (Phi) is 3.47. The van der Waals surface area contributed by atoms with Crippen molar-refractivity contribution < 1.29 is 0 Å². The number of hydrogen-bond donors (Lipinski definition) is 1. The second-order valence-electron chi connectivity index (χ2n) is 8.28. The molecule has 104 valence electrons. The van der Waals surface area contributed by atoms with Crippen LogP contribution in [-0.2, 0) is 0 Å². The number of rotatable bonds is 4. The highest BCUT2D eigenvalue weighted by molar-refractivity contribution is 4.98. The van der Waals surface area contributed by atoms with Gasteiger partial charge < -0.3 is 5.32 Å². The highest BCUT2D eigenvalue weighted by Gasteiger charge is 2.42. The molecule has 0 aliphatic heterocycles. The summed E-state index contributed by atoms with van der Waals surface area (Å²) in [7, 11) is 0. The average Bonchev–Trinajstić information content (AvgIpc) is 3.16. The van der Waals surface area contributed by atoms with Gasteiger partial charge in [0, 0.05) is 12.1 Å². The molecule has 0 bridgehead atoms. The SMILES string of the molecule is CC(C)(C)C1CCC(NC(C2CC2)C2CC2)CC1. The first-order valence-electron chi connectivity index (χ1n) is 8.30. The van der Waals surface area contributed by atoms with Gasteiger partial charge in [-0.15, -0.1) is 0 Å². The summed E-state index contributed by atoms with van der Waals surface area (Å²) in [6.07, 6.45) is 11.8. The molecule has 0 aromatic carbocycles. The first-order chi connectivity index (χ1) is 8.54. The molecule has 3 aliphatic rings. The lowest BCUT2D eigenvalue weighted by Gasteiger charge is -2.38. The van der Waals surface area contributed by atoms with Crippen molar-refractivity contribution >= 4 is 0 Å². The molecule has 1 heteroatoms. The smallest absolute Gasteiger partial charge is 0.0126 e. The van der Waals surface area contributed by atoms with Gasteiger partial charge in [0.2, 0.25) is 0 Å². The third-order valence-corrected chi connectivity index (χ3v) is 5.64. The monoisotopic (exact) mass is 249 g/mol. The van der Waals surface area contributed by atoms with Gasteiger partial charge in [-0.1, -0.05) is 20.8 Å². The maximum absolute atomic E-state index is 4.05. The molecule has 3 aliphatic carbocycles. The molecule has 0 atom stereocenters. The lowest BCUT2D eigenvalue weighted by atomic mass is 9.71. The summed E-state index contributed by atoms with van der Waals surface area (Å²) in [4.78, 5) is 0. The number of nitrogens with one attached hydrogen (secondary N) is 1. The predicted octanol–water partition coefficient (Wildman–Crippen LogP) is 4.37. The highest BCUT2D eigenvalue weighted by Crippen LogP contribution is 2.45. The Bertz CT molecular complexity index is 262. The van der Waals surface area contributed by atoms with Gasteiger partial charge in [0.1, 0.15) is 0 Å². The Morgan fingerprint density at radius 2 is 1.28 bits per heavy atom. The molecule has 3 fully saturated rings. The van der Waals surface area contributed by atoms with E-state index in [0.717, 1.165) is 29.8 Å². The second-order valence-corrected chi connectivity index (χ2v) is 8.28. The van der Waals surface area contributed by atoms with E-state index < -0.39 is 0 Å². The maximum atomic E-state index is 4.05. The fourth-order valence-electron chi connectivity index (χ4n) is 3.97. The minimum Gasteiger partial charge on any atom is -0.311 e. The molecule has 0 saturated heterocycles. The van der Waals surface area contributed by atoms with E-state index in [-0.39, 0.29) is 0 Å². The van der Waals surface area contributed by atoms with Crippen LogP contribution in [0.4, 0.5) is 0 Å². The Morgan fingerprint density at radius 1 is 0.778 bits per heavy atom. The molecule has 0 aromatic heterocycles. The van der Waals surface area contributed by atoms with Gasteiger partial charge in [-0.25, -0.2) is 0 Å². The van der Waals surface area contributed by atoms with Gasteiger partial charge in [-0.2, -0.15) is 0 Å². The zero-order chi connectivity index (χ0) is 12.8. The first kappa shape index (κ1) is 13.0. The summed E-state index contributed by atoms with van der Waals surface area (Å²) in [6, 6.07) is 1.75. The molecule has 0 heterocycles. The van der Waals surface area contributed by atoms with E-state index in [1.165, 1.54) is 51.4 Å². The summed E-state index contributed by atoms with van der Waals surface area (Å²) in [5.41, 5.74) is 0.525. The van der Waals surface area contributed by atoms with Gasteiger partial charge in [0.25, 0.3) is 0 Å². The van der Waals surface area contributed by atoms with Crippen molar-refractivity contribution in [2.24, 2.45) is 23.2 Å². The van der Waals surface area contributed by atoms with Crippen molar-refractivity contribution in [2.45, 2.75) is 84.2 Å². The van der Waals surface area contributed by atoms with Crippen LogP contribution in [0.25, 0.3) is 0 Å². The third-order valence-electron chi connectivity index (χ3n) is 5.64. The lowest BCUT2D eigenvalue weighted by molar-refractivity contribution is 0.152. The molecule has 0 amide bonds. The molecular formula is C17H31N. The molecule has 3 rings (SSSR count). The molecule has 0 aromatic rings. The fraction of sp³-hybridized carbons (Fsp3) is 1.00. The minimum atomic E-state index is 0.525. The maximum Gasteiger partial charge on any atom is 0.0126 e. The lowest BCUT2D eigenvalue weighted by Crippen LogP contribution is -2.44. The summed E-state index contributed by atoms with van der Waals surface area (Å²) in [5.74, 6) is 3.06. The Labute approximate surface area is 113 Å². The van der Waals surface area contributed by atoms with E-state index in [1.54, 1.807) is 0 Å². The standard InChI is InChI=1S/C17H31N/c1-17(2,3)14-8-10-15(11-9-14)18-16(12-4-5-12)13-6-7-13/h12-16,18H,4-11H2,1-3H3. The fourth-order valence-corrected chi connectivity index (χ4v) is 3.97. The molecule has 18 heavy (non-hydrogen) atoms. The topological polar surface area (TPSA) is 12.0 Å². The summed E-state index contributed by atoms with van der Waals surface area (Å²) in [6.45, 7) is 7.26. The van der Waals surface area contributed by atoms with Crippen LogP contribution in [0.3, 0.4) is 0 Å². The van der Waals surface area contributed by atoms with Crippen LogP contribution in [0.2, 0.25) is 0 Å². The van der Waals surface area contributed by atoms with E-state index in [2.05, 4.69) is 26.1 Å². The van der Waals surface area contributed by atoms with Crippen LogP contribution in [0.1, 0.15) is 72.1 Å². The van der Waals surface area contributed by atoms with E-state index in [9.17, 15) is 0 Å². The van der Waals surface area contributed by atoms with Crippen molar-refractivity contribution in [3.63, 3.8) is 0 Å². The third kappa shape index (κ3) is 3.10. The van der Waals surface area contributed by atoms with Crippen molar-refractivity contribution in [2.75, 3.05) is 0 Å². The summed E-state index contributed by atoms with van der Waals surface area (Å²) in [5, 5.41) is 4.05. The second kappa shape index (κ2) is 4.81. The first-order valence-corrected chi connectivity index (χ1v) is 8.30. The van der Waals surface area contributed by atoms with E-state index in [4.69, 9.17) is 0 Å². The molecule has 1 N–H and O–H groups in total. The quantitative estimate of drug-likeness (QED) is 0.780. The van der Waals surface area contributed by atoms with Crippen molar-refractivity contribution in [1.29, 1.82) is 0 Å². The van der Waals surface area contributed by atoms with Crippen LogP contribution in [0.5, 0.6) is 0 Å². The van der Waals surface area contributed by atoms with Gasteiger partial charge in [-0.05, 0) is 74.5 Å². The zero-order valence-corrected chi connectivity index (χ0v) is 12.5. The minimum absolute atomic E-state index is 0.525. The molecule has 3 saturated carbocycles. The number of hydrogen-bond acceptors (Lipinski definition) is 1. The molecule has 0 unspecified atom stereocenters. The van der Waals surface area contributed by atoms with Crippen molar-refractivity contribution in [1.82, 2.24) is 5.32 Å². The normalized spacial score (nSPS) is 34.0. The summed E-state index contributed by atoms with van der Waals surface area (Å²) >= 11 is 0. The van der Waals surface area contributed by atoms with Crippen LogP contribution < -0.4 is 5.32 Å². The average molecular weight is 249 g/mol. The van der Waals surface area contributed by atoms with E-state index in [0.29, 0.717) is 5.41 Å². The Hall–Kier alpha value is -0.0400. The van der Waals surface area contributed by atoms with Crippen LogP contribution in [0, 0.1) is 23.2 Å². The van der Waals surface area contributed by atoms with E-state index >= 15 is 0 Å². The van der Waals surface area contributed by atoms with Gasteiger partial charge in [-0.3, -0.25) is 0 Å². The molecule has 0 radical (unpaired) electrons. The summed E-state index contributed by atoms with van der Waals surface area (Å²) < 4.78 is 0. The van der Waals surface area contributed by atoms with Gasteiger partial charge >= 0.3 is 0 Å². The molecule has 1 nitrogen and oxygen atoms in total. The largest absolute Gasteiger partial charge is 0.311 e. The van der Waals surface area contributed by atoms with Crippen LogP contribution in [0.15, 0.2) is 0 Å². The van der Waals surface area contributed by atoms with Gasteiger partial charge in [0.05, 0.1) is 0 Å². The van der Waals surface area contributed by atoms with Crippen molar-refractivity contribution in [3.05, 3.63) is 0 Å². The zero-order valence-electron chi connectivity index (χ0n) is 12.5. The molecular weight excluding hydrogens is 218 g/mol. The molecule has 0 spiro atoms. The van der Waals surface area contributed by atoms with Crippen molar-refractivity contribution in [3.8, 4) is 0 Å². The van der Waals surface area contributed by atoms with E-state index in [1.807, 2.05) is 0 Å². The van der Waals surface area contributed by atoms with Crippen LogP contribution in [-0.4, -0.2) is 12.1 Å². The highest BCUT2D eigenvalue weighted by atomic mass is 15.0. The van der Waals surface area contributed by atoms with Crippen LogP contribution >= 0.6 is 0 Å².